The second-order valence-corrected chi connectivity index (χ2v) is 6.90. The van der Waals surface area contributed by atoms with Crippen molar-refractivity contribution in [2.24, 2.45) is 0 Å². The second-order valence-electron chi connectivity index (χ2n) is 6.46. The minimum Gasteiger partial charge on any atom is -0.465 e. The van der Waals surface area contributed by atoms with Crippen LogP contribution in [0.1, 0.15) is 33.3 Å². The van der Waals surface area contributed by atoms with Gasteiger partial charge in [0, 0.05) is 11.6 Å². The van der Waals surface area contributed by atoms with Gasteiger partial charge in [-0.05, 0) is 57.3 Å². The number of carboxylic acid groups (broad SMARTS) is 1. The van der Waals surface area contributed by atoms with Crippen LogP contribution in [0.3, 0.4) is 0 Å². The van der Waals surface area contributed by atoms with Gasteiger partial charge in [-0.2, -0.15) is 0 Å². The summed E-state index contributed by atoms with van der Waals surface area (Å²) in [6.07, 6.45) is -0.479. The van der Waals surface area contributed by atoms with E-state index >= 15 is 0 Å². The number of benzene rings is 1. The summed E-state index contributed by atoms with van der Waals surface area (Å²) in [6, 6.07) is 5.58. The number of rotatable bonds is 4. The topological polar surface area (TPSA) is 67.8 Å². The molecule has 0 unspecified atom stereocenters. The summed E-state index contributed by atoms with van der Waals surface area (Å²) in [5, 5.41) is 11.5. The van der Waals surface area contributed by atoms with Gasteiger partial charge in [0.15, 0.2) is 0 Å². The molecule has 1 saturated heterocycles. The van der Waals surface area contributed by atoms with Gasteiger partial charge < -0.3 is 19.7 Å². The molecule has 1 fully saturated rings. The largest absolute Gasteiger partial charge is 0.494 e. The highest BCUT2D eigenvalue weighted by atomic mass is 35.5. The predicted molar refractivity (Wildman–Crippen MR) is 86.9 cm³/mol. The van der Waals surface area contributed by atoms with Gasteiger partial charge in [-0.3, -0.25) is 0 Å². The molecular formula is C15H21BClNO4. The minimum atomic E-state index is -1.03. The van der Waals surface area contributed by atoms with Crippen molar-refractivity contribution in [1.82, 2.24) is 5.32 Å². The van der Waals surface area contributed by atoms with Gasteiger partial charge in [-0.15, -0.1) is 0 Å². The third-order valence-corrected chi connectivity index (χ3v) is 4.41. The van der Waals surface area contributed by atoms with Crippen molar-refractivity contribution in [3.63, 3.8) is 0 Å². The molecule has 1 aromatic rings. The Morgan fingerprint density at radius 2 is 1.82 bits per heavy atom. The summed E-state index contributed by atoms with van der Waals surface area (Å²) in [4.78, 5) is 10.5. The van der Waals surface area contributed by atoms with Crippen LogP contribution in [0.25, 0.3) is 0 Å². The van der Waals surface area contributed by atoms with Crippen molar-refractivity contribution in [3.05, 3.63) is 28.8 Å². The highest BCUT2D eigenvalue weighted by Crippen LogP contribution is 2.36. The van der Waals surface area contributed by atoms with E-state index < -0.39 is 24.4 Å². The number of halogens is 1. The zero-order valence-electron chi connectivity index (χ0n) is 13.3. The van der Waals surface area contributed by atoms with Gasteiger partial charge in [0.1, 0.15) is 0 Å². The van der Waals surface area contributed by atoms with Gasteiger partial charge in [0.05, 0.1) is 11.2 Å². The van der Waals surface area contributed by atoms with Crippen LogP contribution < -0.4 is 10.8 Å². The monoisotopic (exact) mass is 325 g/mol. The van der Waals surface area contributed by atoms with Crippen molar-refractivity contribution < 1.29 is 19.2 Å². The summed E-state index contributed by atoms with van der Waals surface area (Å²) in [7, 11) is -0.477. The van der Waals surface area contributed by atoms with E-state index in [0.29, 0.717) is 18.0 Å². The van der Waals surface area contributed by atoms with Crippen molar-refractivity contribution in [3.8, 4) is 0 Å². The van der Waals surface area contributed by atoms with Crippen LogP contribution in [0.5, 0.6) is 0 Å². The first kappa shape index (κ1) is 17.1. The number of carbonyl (C=O) groups is 1. The van der Waals surface area contributed by atoms with Crippen LogP contribution in [-0.2, 0) is 15.7 Å². The first-order valence-corrected chi connectivity index (χ1v) is 7.60. The Hall–Kier alpha value is -1.24. The van der Waals surface area contributed by atoms with E-state index in [1.165, 1.54) is 0 Å². The molecule has 0 aromatic heterocycles. The van der Waals surface area contributed by atoms with Crippen molar-refractivity contribution in [1.29, 1.82) is 0 Å². The molecule has 1 heterocycles. The van der Waals surface area contributed by atoms with Gasteiger partial charge >= 0.3 is 13.2 Å². The van der Waals surface area contributed by atoms with E-state index in [1.54, 1.807) is 0 Å². The van der Waals surface area contributed by atoms with Crippen LogP contribution in [0, 0.1) is 0 Å². The first-order valence-electron chi connectivity index (χ1n) is 7.22. The minimum absolute atomic E-state index is 0.332. The lowest BCUT2D eigenvalue weighted by Gasteiger charge is -2.32. The highest BCUT2D eigenvalue weighted by Gasteiger charge is 2.51. The third kappa shape index (κ3) is 3.75. The molecule has 0 saturated carbocycles. The fourth-order valence-electron chi connectivity index (χ4n) is 2.25. The van der Waals surface area contributed by atoms with E-state index in [0.717, 1.165) is 11.0 Å². The van der Waals surface area contributed by atoms with Crippen LogP contribution >= 0.6 is 11.6 Å². The fourth-order valence-corrected chi connectivity index (χ4v) is 2.51. The normalized spacial score (nSPS) is 19.2. The Labute approximate surface area is 136 Å². The molecule has 120 valence electrons. The average molecular weight is 326 g/mol. The molecule has 2 rings (SSSR count). The molecule has 22 heavy (non-hydrogen) atoms. The van der Waals surface area contributed by atoms with E-state index in [1.807, 2.05) is 45.9 Å². The Kier molecular flexibility index (Phi) is 4.75. The Morgan fingerprint density at radius 1 is 1.23 bits per heavy atom. The third-order valence-electron chi connectivity index (χ3n) is 4.20. The van der Waals surface area contributed by atoms with Crippen LogP contribution in [0.2, 0.25) is 5.02 Å². The van der Waals surface area contributed by atoms with Crippen molar-refractivity contribution >= 4 is 30.3 Å². The lowest BCUT2D eigenvalue weighted by molar-refractivity contribution is 0.00578. The Balaban J connectivity index is 2.15. The molecule has 0 aliphatic carbocycles. The Bertz CT molecular complexity index is 561. The molecule has 5 nitrogen and oxygen atoms in total. The Morgan fingerprint density at radius 3 is 2.36 bits per heavy atom. The molecule has 0 bridgehead atoms. The van der Waals surface area contributed by atoms with E-state index in [9.17, 15) is 4.79 Å². The van der Waals surface area contributed by atoms with Crippen molar-refractivity contribution in [2.75, 3.05) is 6.54 Å². The molecule has 1 amide bonds. The molecule has 0 atom stereocenters. The van der Waals surface area contributed by atoms with E-state index in [4.69, 9.17) is 26.0 Å². The quantitative estimate of drug-likeness (QED) is 0.834. The summed E-state index contributed by atoms with van der Waals surface area (Å²) in [5.74, 6) is 0. The maximum absolute atomic E-state index is 10.5. The molecule has 1 aromatic carbocycles. The van der Waals surface area contributed by atoms with Crippen LogP contribution in [0.15, 0.2) is 18.2 Å². The number of amides is 1. The second kappa shape index (κ2) is 6.10. The molecule has 0 radical (unpaired) electrons. The molecular weight excluding hydrogens is 304 g/mol. The van der Waals surface area contributed by atoms with Gasteiger partial charge in [0.2, 0.25) is 0 Å². The van der Waals surface area contributed by atoms with Gasteiger partial charge in [0.25, 0.3) is 0 Å². The average Bonchev–Trinajstić information content (AvgIpc) is 2.57. The first-order chi connectivity index (χ1) is 10.1. The van der Waals surface area contributed by atoms with Crippen LogP contribution in [-0.4, -0.2) is 36.1 Å². The highest BCUT2D eigenvalue weighted by molar-refractivity contribution is 6.62. The van der Waals surface area contributed by atoms with E-state index in [2.05, 4.69) is 5.32 Å². The maximum atomic E-state index is 10.5. The smallest absolute Gasteiger partial charge is 0.465 e. The zero-order chi connectivity index (χ0) is 16.5. The van der Waals surface area contributed by atoms with Gasteiger partial charge in [-0.25, -0.2) is 4.79 Å². The number of hydrogen-bond donors (Lipinski definition) is 2. The lowest BCUT2D eigenvalue weighted by Crippen LogP contribution is -2.41. The predicted octanol–water partition coefficient (Wildman–Crippen LogP) is 2.45. The van der Waals surface area contributed by atoms with Crippen molar-refractivity contribution in [2.45, 2.75) is 45.3 Å². The molecule has 7 heteroatoms. The molecule has 1 aliphatic rings. The summed E-state index contributed by atoms with van der Waals surface area (Å²) in [6.45, 7) is 8.31. The number of hydrogen-bond acceptors (Lipinski definition) is 3. The molecule has 2 N–H and O–H groups in total. The zero-order valence-corrected chi connectivity index (χ0v) is 14.0. The lowest BCUT2D eigenvalue weighted by atomic mass is 9.78. The fraction of sp³-hybridized carbons (Fsp3) is 0.533. The van der Waals surface area contributed by atoms with E-state index in [-0.39, 0.29) is 0 Å². The summed E-state index contributed by atoms with van der Waals surface area (Å²) < 4.78 is 12.0. The molecule has 0 spiro atoms. The van der Waals surface area contributed by atoms with Crippen LogP contribution in [0.4, 0.5) is 4.79 Å². The summed E-state index contributed by atoms with van der Waals surface area (Å²) in [5.41, 5.74) is 0.957. The maximum Gasteiger partial charge on any atom is 0.494 e. The number of nitrogens with one attached hydrogen (secondary N) is 1. The molecule has 1 aliphatic heterocycles. The SMILES string of the molecule is CC1(C)OB(c2cc(Cl)cc(CCNC(=O)O)c2)OC1(C)C. The standard InChI is InChI=1S/C15H21BClNO4/c1-14(2)15(3,4)22-16(21-14)11-7-10(8-12(17)9-11)5-6-18-13(19)20/h7-9,18H,5-6H2,1-4H3,(H,19,20). The summed E-state index contributed by atoms with van der Waals surface area (Å²) >= 11 is 6.16. The van der Waals surface area contributed by atoms with Gasteiger partial charge in [-0.1, -0.05) is 17.7 Å².